The van der Waals surface area contributed by atoms with Crippen LogP contribution in [0.15, 0.2) is 60.1 Å². The van der Waals surface area contributed by atoms with E-state index in [9.17, 15) is 4.79 Å². The highest BCUT2D eigenvalue weighted by Gasteiger charge is 2.35. The number of aromatic nitrogens is 3. The molecule has 7 nitrogen and oxygen atoms in total. The zero-order valence-electron chi connectivity index (χ0n) is 18.3. The van der Waals surface area contributed by atoms with E-state index in [-0.39, 0.29) is 19.2 Å². The molecule has 0 unspecified atom stereocenters. The van der Waals surface area contributed by atoms with Gasteiger partial charge in [-0.25, -0.2) is 9.48 Å². The highest BCUT2D eigenvalue weighted by Crippen LogP contribution is 2.37. The maximum absolute atomic E-state index is 13.0. The van der Waals surface area contributed by atoms with E-state index in [1.165, 1.54) is 6.33 Å². The van der Waals surface area contributed by atoms with Gasteiger partial charge in [0.15, 0.2) is 0 Å². The fourth-order valence-electron chi connectivity index (χ4n) is 3.79. The minimum absolute atomic E-state index is 0.280. The number of allylic oxidation sites excluding steroid dienone is 1. The molecule has 33 heavy (non-hydrogen) atoms. The average molecular weight is 487 g/mol. The monoisotopic (exact) mass is 486 g/mol. The highest BCUT2D eigenvalue weighted by atomic mass is 35.5. The van der Waals surface area contributed by atoms with Crippen molar-refractivity contribution < 1.29 is 14.3 Å². The predicted molar refractivity (Wildman–Crippen MR) is 128 cm³/mol. The lowest BCUT2D eigenvalue weighted by Gasteiger charge is -2.29. The number of halogens is 2. The van der Waals surface area contributed by atoms with Crippen molar-refractivity contribution in [3.05, 3.63) is 81.2 Å². The van der Waals surface area contributed by atoms with Gasteiger partial charge in [-0.15, -0.1) is 0 Å². The molecule has 0 radical (unpaired) electrons. The molecule has 9 heteroatoms. The third-order valence-corrected chi connectivity index (χ3v) is 5.84. The summed E-state index contributed by atoms with van der Waals surface area (Å²) in [4.78, 5) is 17.3. The summed E-state index contributed by atoms with van der Waals surface area (Å²) in [6.45, 7) is 4.41. The quantitative estimate of drug-likeness (QED) is 0.405. The van der Waals surface area contributed by atoms with Crippen LogP contribution in [0.5, 0.6) is 5.75 Å². The molecule has 0 saturated heterocycles. The zero-order valence-corrected chi connectivity index (χ0v) is 19.9. The molecule has 1 aliphatic rings. The van der Waals surface area contributed by atoms with Crippen LogP contribution in [0, 0.1) is 0 Å². The SMILES string of the molecule is CCCC1=C(C(=O)OCC)[C@H](c2cccc(OCc3ccc(Cl)cc3Cl)c2)n2ncnc2N1. The second kappa shape index (κ2) is 10.3. The number of fused-ring (bicyclic) bond motifs is 1. The van der Waals surface area contributed by atoms with E-state index < -0.39 is 6.04 Å². The Labute approximate surface area is 202 Å². The normalized spacial score (nSPS) is 15.1. The molecule has 0 amide bonds. The molecule has 0 aliphatic carbocycles. The molecule has 2 heterocycles. The van der Waals surface area contributed by atoms with Gasteiger partial charge in [0, 0.05) is 21.3 Å². The first-order valence-corrected chi connectivity index (χ1v) is 11.5. The van der Waals surface area contributed by atoms with Crippen LogP contribution in [0.3, 0.4) is 0 Å². The molecule has 0 bridgehead atoms. The van der Waals surface area contributed by atoms with E-state index >= 15 is 0 Å². The molecular formula is C24H24Cl2N4O3. The van der Waals surface area contributed by atoms with Gasteiger partial charge < -0.3 is 14.8 Å². The van der Waals surface area contributed by atoms with Crippen LogP contribution in [0.1, 0.15) is 43.9 Å². The summed E-state index contributed by atoms with van der Waals surface area (Å²) in [5.74, 6) is 0.841. The minimum Gasteiger partial charge on any atom is -0.489 e. The summed E-state index contributed by atoms with van der Waals surface area (Å²) >= 11 is 12.3. The van der Waals surface area contributed by atoms with Crippen LogP contribution in [0.2, 0.25) is 10.0 Å². The van der Waals surface area contributed by atoms with Gasteiger partial charge in [-0.05, 0) is 43.2 Å². The Morgan fingerprint density at radius 3 is 2.79 bits per heavy atom. The number of benzene rings is 2. The first-order valence-electron chi connectivity index (χ1n) is 10.7. The van der Waals surface area contributed by atoms with Crippen molar-refractivity contribution in [2.24, 2.45) is 0 Å². The number of carbonyl (C=O) groups is 1. The first kappa shape index (κ1) is 23.1. The Bertz CT molecular complexity index is 1190. The van der Waals surface area contributed by atoms with E-state index in [0.717, 1.165) is 23.2 Å². The molecule has 1 atom stereocenters. The third kappa shape index (κ3) is 4.99. The van der Waals surface area contributed by atoms with Crippen molar-refractivity contribution in [3.63, 3.8) is 0 Å². The summed E-state index contributed by atoms with van der Waals surface area (Å²) in [7, 11) is 0. The van der Waals surface area contributed by atoms with Crippen LogP contribution in [0.4, 0.5) is 5.95 Å². The van der Waals surface area contributed by atoms with Crippen molar-refractivity contribution >= 4 is 35.1 Å². The van der Waals surface area contributed by atoms with Crippen LogP contribution in [0.25, 0.3) is 0 Å². The Kier molecular flexibility index (Phi) is 7.20. The van der Waals surface area contributed by atoms with Crippen LogP contribution in [-0.2, 0) is 16.1 Å². The number of hydrogen-bond acceptors (Lipinski definition) is 6. The molecule has 1 aromatic heterocycles. The second-order valence-corrected chi connectivity index (χ2v) is 8.36. The fraction of sp³-hybridized carbons (Fsp3) is 0.292. The molecular weight excluding hydrogens is 463 g/mol. The topological polar surface area (TPSA) is 78.3 Å². The maximum atomic E-state index is 13.0. The Hall–Kier alpha value is -3.03. The Balaban J connectivity index is 1.69. The highest BCUT2D eigenvalue weighted by molar-refractivity contribution is 6.35. The third-order valence-electron chi connectivity index (χ3n) is 5.26. The molecule has 0 fully saturated rings. The predicted octanol–water partition coefficient (Wildman–Crippen LogP) is 5.80. The molecule has 4 rings (SSSR count). The summed E-state index contributed by atoms with van der Waals surface area (Å²) < 4.78 is 13.1. The largest absolute Gasteiger partial charge is 0.489 e. The first-order chi connectivity index (χ1) is 16.0. The van der Waals surface area contributed by atoms with Gasteiger partial charge in [0.1, 0.15) is 24.7 Å². The van der Waals surface area contributed by atoms with Gasteiger partial charge in [-0.2, -0.15) is 10.1 Å². The van der Waals surface area contributed by atoms with Crippen LogP contribution < -0.4 is 10.1 Å². The summed E-state index contributed by atoms with van der Waals surface area (Å²) in [6, 6.07) is 12.4. The van der Waals surface area contributed by atoms with Crippen molar-refractivity contribution in [2.75, 3.05) is 11.9 Å². The summed E-state index contributed by atoms with van der Waals surface area (Å²) in [6.07, 6.45) is 3.01. The second-order valence-electron chi connectivity index (χ2n) is 7.52. The molecule has 0 saturated carbocycles. The Morgan fingerprint density at radius 1 is 1.18 bits per heavy atom. The molecule has 1 N–H and O–H groups in total. The van der Waals surface area contributed by atoms with Gasteiger partial charge in [0.2, 0.25) is 5.95 Å². The molecule has 3 aromatic rings. The molecule has 1 aliphatic heterocycles. The average Bonchev–Trinajstić information content (AvgIpc) is 3.26. The van der Waals surface area contributed by atoms with E-state index in [1.54, 1.807) is 23.7 Å². The lowest BCUT2D eigenvalue weighted by molar-refractivity contribution is -0.139. The Morgan fingerprint density at radius 2 is 2.03 bits per heavy atom. The van der Waals surface area contributed by atoms with Crippen molar-refractivity contribution in [1.29, 1.82) is 0 Å². The van der Waals surface area contributed by atoms with Gasteiger partial charge in [-0.3, -0.25) is 0 Å². The maximum Gasteiger partial charge on any atom is 0.338 e. The lowest BCUT2D eigenvalue weighted by Crippen LogP contribution is -2.30. The van der Waals surface area contributed by atoms with Crippen molar-refractivity contribution in [1.82, 2.24) is 14.8 Å². The number of nitrogens with zero attached hydrogens (tertiary/aromatic N) is 3. The van der Waals surface area contributed by atoms with Crippen LogP contribution >= 0.6 is 23.2 Å². The number of anilines is 1. The zero-order chi connectivity index (χ0) is 23.4. The number of hydrogen-bond donors (Lipinski definition) is 1. The van der Waals surface area contributed by atoms with E-state index in [1.807, 2.05) is 30.3 Å². The van der Waals surface area contributed by atoms with Gasteiger partial charge >= 0.3 is 5.97 Å². The summed E-state index contributed by atoms with van der Waals surface area (Å²) in [5, 5.41) is 8.74. The van der Waals surface area contributed by atoms with E-state index in [0.29, 0.717) is 33.7 Å². The number of nitrogens with one attached hydrogen (secondary N) is 1. The smallest absolute Gasteiger partial charge is 0.338 e. The van der Waals surface area contributed by atoms with Crippen molar-refractivity contribution in [3.8, 4) is 5.75 Å². The fourth-order valence-corrected chi connectivity index (χ4v) is 4.25. The lowest BCUT2D eigenvalue weighted by atomic mass is 9.94. The van der Waals surface area contributed by atoms with E-state index in [4.69, 9.17) is 32.7 Å². The van der Waals surface area contributed by atoms with Gasteiger partial charge in [0.25, 0.3) is 0 Å². The molecule has 0 spiro atoms. The van der Waals surface area contributed by atoms with E-state index in [2.05, 4.69) is 22.3 Å². The minimum atomic E-state index is -0.494. The standard InChI is InChI=1S/C24H24Cl2N4O3/c1-3-6-20-21(23(31)32-4-2)22(30-24(29-20)27-14-28-30)15-7-5-8-18(11-15)33-13-16-9-10-17(25)12-19(16)26/h5,7-12,14,22H,3-4,6,13H2,1-2H3,(H,27,28,29)/t22-/m0/s1. The molecule has 2 aromatic carbocycles. The molecule has 172 valence electrons. The van der Waals surface area contributed by atoms with Gasteiger partial charge in [-0.1, -0.05) is 54.7 Å². The van der Waals surface area contributed by atoms with Crippen molar-refractivity contribution in [2.45, 2.75) is 39.3 Å². The number of carbonyl (C=O) groups excluding carboxylic acids is 1. The number of rotatable bonds is 8. The number of ether oxygens (including phenoxy) is 2. The van der Waals surface area contributed by atoms with Crippen LogP contribution in [-0.4, -0.2) is 27.3 Å². The van der Waals surface area contributed by atoms with Gasteiger partial charge in [0.05, 0.1) is 12.2 Å². The summed E-state index contributed by atoms with van der Waals surface area (Å²) in [5.41, 5.74) is 2.97. The number of esters is 1.